The molecule has 0 bridgehead atoms. The van der Waals surface area contributed by atoms with E-state index in [0.29, 0.717) is 21.7 Å². The summed E-state index contributed by atoms with van der Waals surface area (Å²) in [5.74, 6) is -3.02. The highest BCUT2D eigenvalue weighted by Gasteiger charge is 2.43. The molecule has 4 rings (SSSR count). The number of carbonyl (C=O) groups excluding carboxylic acids is 2. The van der Waals surface area contributed by atoms with Crippen LogP contribution >= 0.6 is 23.4 Å². The van der Waals surface area contributed by atoms with Crippen molar-refractivity contribution in [2.24, 2.45) is 5.73 Å². The normalized spacial score (nSPS) is 15.2. The minimum absolute atomic E-state index is 0.00819. The fourth-order valence-corrected chi connectivity index (χ4v) is 5.55. The predicted octanol–water partition coefficient (Wildman–Crippen LogP) is 5.67. The molecular weight excluding hydrogens is 541 g/mol. The minimum Gasteiger partial charge on any atom is -0.466 e. The molecule has 198 valence electrons. The Morgan fingerprint density at radius 1 is 1.03 bits per heavy atom. The van der Waals surface area contributed by atoms with E-state index in [1.54, 1.807) is 66.7 Å². The molecule has 0 aromatic heterocycles. The van der Waals surface area contributed by atoms with Crippen LogP contribution in [0.4, 0.5) is 10.1 Å². The van der Waals surface area contributed by atoms with Crippen molar-refractivity contribution in [2.45, 2.75) is 16.6 Å². The van der Waals surface area contributed by atoms with Crippen LogP contribution in [0.2, 0.25) is 5.02 Å². The number of nitrogens with zero attached hydrogens (tertiary/aromatic N) is 2. The van der Waals surface area contributed by atoms with E-state index >= 15 is 0 Å². The number of benzene rings is 3. The molecule has 7 nitrogen and oxygen atoms in total. The third kappa shape index (κ3) is 5.35. The molecule has 2 N–H and O–H groups in total. The van der Waals surface area contributed by atoms with Crippen molar-refractivity contribution in [1.29, 1.82) is 5.26 Å². The maximum Gasteiger partial charge on any atom is 0.355 e. The number of anilines is 1. The van der Waals surface area contributed by atoms with Crippen LogP contribution < -0.4 is 10.6 Å². The largest absolute Gasteiger partial charge is 0.466 e. The van der Waals surface area contributed by atoms with Crippen LogP contribution in [0.25, 0.3) is 0 Å². The second-order valence-electron chi connectivity index (χ2n) is 8.30. The number of carbonyl (C=O) groups is 2. The van der Waals surface area contributed by atoms with Crippen molar-refractivity contribution in [1.82, 2.24) is 0 Å². The summed E-state index contributed by atoms with van der Waals surface area (Å²) in [6.45, 7) is 0. The van der Waals surface area contributed by atoms with E-state index in [2.05, 4.69) is 6.07 Å². The molecule has 1 unspecified atom stereocenters. The summed E-state index contributed by atoms with van der Waals surface area (Å²) in [6, 6.07) is 22.5. The van der Waals surface area contributed by atoms with Crippen molar-refractivity contribution in [3.8, 4) is 6.07 Å². The lowest BCUT2D eigenvalue weighted by molar-refractivity contribution is -0.139. The summed E-state index contributed by atoms with van der Waals surface area (Å²) in [7, 11) is 2.37. The van der Waals surface area contributed by atoms with Crippen molar-refractivity contribution in [3.63, 3.8) is 0 Å². The minimum atomic E-state index is -0.977. The number of thioether (sulfide) groups is 1. The van der Waals surface area contributed by atoms with Gasteiger partial charge in [0.15, 0.2) is 0 Å². The van der Waals surface area contributed by atoms with Crippen LogP contribution in [0.5, 0.6) is 0 Å². The molecule has 1 aliphatic heterocycles. The summed E-state index contributed by atoms with van der Waals surface area (Å²) in [5, 5.41) is 10.2. The first-order chi connectivity index (χ1) is 18.8. The van der Waals surface area contributed by atoms with Gasteiger partial charge in [0.1, 0.15) is 17.3 Å². The zero-order chi connectivity index (χ0) is 28.1. The van der Waals surface area contributed by atoms with Gasteiger partial charge in [-0.15, -0.1) is 11.8 Å². The lowest BCUT2D eigenvalue weighted by Crippen LogP contribution is -2.41. The van der Waals surface area contributed by atoms with Crippen LogP contribution in [0.15, 0.2) is 100 Å². The Morgan fingerprint density at radius 2 is 1.69 bits per heavy atom. The fraction of sp³-hybridized carbons (Fsp3) is 0.138. The van der Waals surface area contributed by atoms with Gasteiger partial charge in [-0.3, -0.25) is 4.90 Å². The number of hydrogen-bond donors (Lipinski definition) is 1. The molecule has 3 aromatic rings. The number of nitriles is 1. The number of hydrogen-bond acceptors (Lipinski definition) is 8. The molecule has 0 aliphatic carbocycles. The zero-order valence-corrected chi connectivity index (χ0v) is 22.6. The molecule has 0 radical (unpaired) electrons. The lowest BCUT2D eigenvalue weighted by atomic mass is 9.81. The molecule has 10 heteroatoms. The number of para-hydroxylation sites is 1. The van der Waals surface area contributed by atoms with Gasteiger partial charge in [0.2, 0.25) is 0 Å². The summed E-state index contributed by atoms with van der Waals surface area (Å²) in [5.41, 5.74) is 7.71. The molecule has 1 aliphatic rings. The van der Waals surface area contributed by atoms with E-state index in [4.69, 9.17) is 26.8 Å². The van der Waals surface area contributed by atoms with Crippen molar-refractivity contribution in [2.75, 3.05) is 19.1 Å². The second kappa shape index (κ2) is 12.1. The quantitative estimate of drug-likeness (QED) is 0.289. The van der Waals surface area contributed by atoms with Crippen LogP contribution in [0.1, 0.15) is 17.0 Å². The average Bonchev–Trinajstić information content (AvgIpc) is 2.97. The monoisotopic (exact) mass is 563 g/mol. The van der Waals surface area contributed by atoms with E-state index in [9.17, 15) is 19.2 Å². The number of halogens is 2. The molecule has 0 saturated carbocycles. The van der Waals surface area contributed by atoms with E-state index in [1.807, 2.05) is 0 Å². The SMILES string of the molecule is COC(=O)C1=C(C(=O)OC)N(c2ccccc2SCc2cccc(Cl)c2F)C(N)=C(C#N)C1c1ccccc1. The van der Waals surface area contributed by atoms with Gasteiger partial charge in [0.05, 0.1) is 48.1 Å². The molecule has 3 aromatic carbocycles. The Labute approximate surface area is 234 Å². The van der Waals surface area contributed by atoms with E-state index < -0.39 is 23.7 Å². The third-order valence-electron chi connectivity index (χ3n) is 6.13. The standard InChI is InChI=1S/C29H23ClFN3O4S/c1-37-28(35)24-23(17-9-4-3-5-10-17)19(15-32)27(33)34(26(24)29(36)38-2)21-13-6-7-14-22(21)39-16-18-11-8-12-20(30)25(18)31/h3-14,23H,16,33H2,1-2H3. The summed E-state index contributed by atoms with van der Waals surface area (Å²) in [4.78, 5) is 28.5. The Hall–Kier alpha value is -4.26. The van der Waals surface area contributed by atoms with Gasteiger partial charge in [-0.1, -0.05) is 66.2 Å². The van der Waals surface area contributed by atoms with Crippen molar-refractivity contribution < 1.29 is 23.5 Å². The first-order valence-electron chi connectivity index (χ1n) is 11.6. The van der Waals surface area contributed by atoms with Crippen LogP contribution in [0, 0.1) is 17.1 Å². The van der Waals surface area contributed by atoms with Gasteiger partial charge in [0.25, 0.3) is 0 Å². The molecule has 1 heterocycles. The highest BCUT2D eigenvalue weighted by molar-refractivity contribution is 7.98. The van der Waals surface area contributed by atoms with Gasteiger partial charge in [-0.2, -0.15) is 5.26 Å². The van der Waals surface area contributed by atoms with Crippen LogP contribution in [-0.4, -0.2) is 26.2 Å². The zero-order valence-electron chi connectivity index (χ0n) is 21.0. The Bertz CT molecular complexity index is 1530. The van der Waals surface area contributed by atoms with E-state index in [1.165, 1.54) is 36.9 Å². The Balaban J connectivity index is 1.93. The van der Waals surface area contributed by atoms with Gasteiger partial charge in [-0.05, 0) is 29.3 Å². The predicted molar refractivity (Wildman–Crippen MR) is 147 cm³/mol. The first kappa shape index (κ1) is 27.8. The van der Waals surface area contributed by atoms with Gasteiger partial charge in [-0.25, -0.2) is 14.0 Å². The number of rotatable bonds is 7. The number of ether oxygens (including phenoxy) is 2. The van der Waals surface area contributed by atoms with Gasteiger partial charge >= 0.3 is 11.9 Å². The maximum absolute atomic E-state index is 14.6. The summed E-state index contributed by atoms with van der Waals surface area (Å²) >= 11 is 7.22. The molecule has 0 amide bonds. The van der Waals surface area contributed by atoms with Crippen LogP contribution in [-0.2, 0) is 24.8 Å². The highest BCUT2D eigenvalue weighted by atomic mass is 35.5. The third-order valence-corrected chi connectivity index (χ3v) is 7.53. The van der Waals surface area contributed by atoms with E-state index in [-0.39, 0.29) is 33.4 Å². The lowest BCUT2D eigenvalue weighted by Gasteiger charge is -2.36. The fourth-order valence-electron chi connectivity index (χ4n) is 4.34. The Kier molecular flexibility index (Phi) is 8.59. The first-order valence-corrected chi connectivity index (χ1v) is 13.0. The molecule has 1 atom stereocenters. The Morgan fingerprint density at radius 3 is 2.36 bits per heavy atom. The van der Waals surface area contributed by atoms with Crippen LogP contribution in [0.3, 0.4) is 0 Å². The molecule has 0 fully saturated rings. The topological polar surface area (TPSA) is 106 Å². The maximum atomic E-state index is 14.6. The van der Waals surface area contributed by atoms with Gasteiger partial charge in [0, 0.05) is 10.6 Å². The molecular formula is C29H23ClFN3O4S. The van der Waals surface area contributed by atoms with Crippen molar-refractivity contribution >= 4 is 41.0 Å². The number of allylic oxidation sites excluding steroid dienone is 1. The smallest absolute Gasteiger partial charge is 0.355 e. The number of esters is 2. The van der Waals surface area contributed by atoms with Gasteiger partial charge < -0.3 is 15.2 Å². The molecule has 39 heavy (non-hydrogen) atoms. The molecule has 0 saturated heterocycles. The number of methoxy groups -OCH3 is 2. The number of nitrogens with two attached hydrogens (primary N) is 1. The van der Waals surface area contributed by atoms with Crippen molar-refractivity contribution in [3.05, 3.63) is 117 Å². The average molecular weight is 564 g/mol. The summed E-state index contributed by atoms with van der Waals surface area (Å²) < 4.78 is 24.7. The highest BCUT2D eigenvalue weighted by Crippen LogP contribution is 2.45. The summed E-state index contributed by atoms with van der Waals surface area (Å²) in [6.07, 6.45) is 0. The second-order valence-corrected chi connectivity index (χ2v) is 9.73. The van der Waals surface area contributed by atoms with E-state index in [0.717, 1.165) is 0 Å². The molecule has 0 spiro atoms.